The molecule has 25 atom stereocenters. The van der Waals surface area contributed by atoms with Crippen LogP contribution in [0.15, 0.2) is 0 Å². The molecule has 28 nitrogen and oxygen atoms in total. The quantitative estimate of drug-likeness (QED) is 0.0725. The first-order valence-electron chi connectivity index (χ1n) is 19.6. The maximum atomic E-state index is 12.6. The number of ether oxygens (including phenoxy) is 9. The highest BCUT2D eigenvalue weighted by Crippen LogP contribution is 2.36. The molecule has 5 aliphatic heterocycles. The summed E-state index contributed by atoms with van der Waals surface area (Å²) in [6.07, 6.45) is -42.4. The summed E-state index contributed by atoms with van der Waals surface area (Å²) in [6, 6.07) is -3.37. The van der Waals surface area contributed by atoms with Gasteiger partial charge in [0.05, 0.1) is 33.0 Å². The second kappa shape index (κ2) is 22.0. The smallest absolute Gasteiger partial charge is 0.217 e. The number of nitrogens with one attached hydrogen (secondary N) is 2. The van der Waals surface area contributed by atoms with Crippen LogP contribution in [0.3, 0.4) is 0 Å². The van der Waals surface area contributed by atoms with E-state index in [1.807, 2.05) is 0 Å². The summed E-state index contributed by atoms with van der Waals surface area (Å²) in [7, 11) is 0. The molecule has 5 fully saturated rings. The first-order chi connectivity index (χ1) is 29.3. The number of aliphatic hydroxyl groups is 15. The molecule has 0 spiro atoms. The van der Waals surface area contributed by atoms with Crippen molar-refractivity contribution in [1.29, 1.82) is 0 Å². The topological polar surface area (TPSA) is 445 Å². The number of rotatable bonds is 15. The van der Waals surface area contributed by atoms with Crippen LogP contribution < -0.4 is 10.6 Å². The summed E-state index contributed by atoms with van der Waals surface area (Å²) < 4.78 is 51.3. The zero-order chi connectivity index (χ0) is 45.9. The number of hydrogen-bond acceptors (Lipinski definition) is 26. The van der Waals surface area contributed by atoms with E-state index < -0.39 is 198 Å². The Morgan fingerprint density at radius 1 is 0.387 bits per heavy atom. The molecule has 0 saturated carbocycles. The summed E-state index contributed by atoms with van der Waals surface area (Å²) in [6.45, 7) is -2.58. The Morgan fingerprint density at radius 2 is 0.758 bits per heavy atom. The molecular formula is C34H58N2O26. The van der Waals surface area contributed by atoms with Gasteiger partial charge in [-0.3, -0.25) is 9.59 Å². The number of carbonyl (C=O) groups excluding carboxylic acids is 2. The summed E-state index contributed by atoms with van der Waals surface area (Å²) in [5.74, 6) is -1.59. The van der Waals surface area contributed by atoms with Gasteiger partial charge in [-0.05, 0) is 0 Å². The minimum atomic E-state index is -2.11. The molecule has 0 unspecified atom stereocenters. The van der Waals surface area contributed by atoms with E-state index in [-0.39, 0.29) is 0 Å². The zero-order valence-electron chi connectivity index (χ0n) is 33.2. The molecule has 5 aliphatic rings. The van der Waals surface area contributed by atoms with Crippen LogP contribution in [0.5, 0.6) is 0 Å². The predicted octanol–water partition coefficient (Wildman–Crippen LogP) is -11.6. The Balaban J connectivity index is 1.42. The first-order valence-corrected chi connectivity index (χ1v) is 19.6. The third-order valence-corrected chi connectivity index (χ3v) is 11.1. The number of carbonyl (C=O) groups is 2. The van der Waals surface area contributed by atoms with Gasteiger partial charge in [0.25, 0.3) is 0 Å². The van der Waals surface area contributed by atoms with Crippen molar-refractivity contribution < 1.29 is 129 Å². The standard InChI is InChI=1S/C34H58N2O26/c1-8(42)35-15-20(47)26(59-34-25(52)29(19(46)12(5-39)57-34)62-33-24(51)22(49)18(45)11(4-38)56-33)13(6-40)58-31(15)60-27-14(7-41)54-30(53)16(36-9(2)43)28(27)61-32-23(50)21(48)17(44)10(3-37)55-32/h10-34,37-41,44-53H,3-7H2,1-2H3,(H,35,42)(H,36,43)/t10-,11-,12-,13-,14-,15-,16-,17-,18-,19-,20-,21+,22+,23+,24+,25+,26-,27-,28-,29+,30-,31+,32-,33-,34+/m1/s1. The van der Waals surface area contributed by atoms with Gasteiger partial charge < -0.3 is 130 Å². The summed E-state index contributed by atoms with van der Waals surface area (Å²) in [5.41, 5.74) is 0. The highest BCUT2D eigenvalue weighted by atomic mass is 16.8. The normalized spacial score (nSPS) is 49.0. The van der Waals surface area contributed by atoms with Crippen molar-refractivity contribution in [2.24, 2.45) is 0 Å². The maximum absolute atomic E-state index is 12.6. The Bertz CT molecular complexity index is 1440. The second-order valence-electron chi connectivity index (χ2n) is 15.4. The SMILES string of the molecule is CC(=O)N[C@@H]1[C@@H](O[C@H]2O[C@H](CO)[C@@H](O)[C@H](O)[C@@H]2O)[C@H](O[C@@H]2O[C@H](CO)[C@@H](O[C@@H]3O[C@H](CO)[C@@H](O)[C@H](O[C@H]4O[C@H](CO)[C@@H](O)[C@H](O)[C@@H]4O)[C@@H]3O)[C@H](O)[C@H]2NC(C)=O)[C@@H](CO)O[C@H]1O. The van der Waals surface area contributed by atoms with Gasteiger partial charge in [0.2, 0.25) is 11.8 Å². The van der Waals surface area contributed by atoms with E-state index in [0.717, 1.165) is 13.8 Å². The number of hydrogen-bond donors (Lipinski definition) is 17. The van der Waals surface area contributed by atoms with Crippen molar-refractivity contribution in [1.82, 2.24) is 10.6 Å². The molecule has 62 heavy (non-hydrogen) atoms. The molecule has 0 bridgehead atoms. The molecule has 0 aromatic heterocycles. The molecule has 5 heterocycles. The lowest BCUT2D eigenvalue weighted by Gasteiger charge is -2.51. The number of aliphatic hydroxyl groups excluding tert-OH is 15. The molecule has 360 valence electrons. The van der Waals surface area contributed by atoms with Crippen molar-refractivity contribution in [3.05, 3.63) is 0 Å². The molecule has 5 saturated heterocycles. The van der Waals surface area contributed by atoms with Crippen LogP contribution in [-0.4, -0.2) is 275 Å². The predicted molar refractivity (Wildman–Crippen MR) is 190 cm³/mol. The largest absolute Gasteiger partial charge is 0.394 e. The van der Waals surface area contributed by atoms with Crippen LogP contribution in [0.2, 0.25) is 0 Å². The molecular weight excluding hydrogens is 852 g/mol. The Hall–Kier alpha value is -2.02. The van der Waals surface area contributed by atoms with E-state index in [4.69, 9.17) is 42.6 Å². The molecule has 0 aliphatic carbocycles. The maximum Gasteiger partial charge on any atom is 0.217 e. The zero-order valence-corrected chi connectivity index (χ0v) is 33.2. The van der Waals surface area contributed by atoms with Gasteiger partial charge >= 0.3 is 0 Å². The van der Waals surface area contributed by atoms with E-state index in [2.05, 4.69) is 10.6 Å². The fourth-order valence-corrected chi connectivity index (χ4v) is 7.83. The third-order valence-electron chi connectivity index (χ3n) is 11.1. The fraction of sp³-hybridized carbons (Fsp3) is 0.941. The van der Waals surface area contributed by atoms with Crippen molar-refractivity contribution in [3.8, 4) is 0 Å². The van der Waals surface area contributed by atoms with Gasteiger partial charge in [0.1, 0.15) is 122 Å². The fourth-order valence-electron chi connectivity index (χ4n) is 7.83. The van der Waals surface area contributed by atoms with Crippen molar-refractivity contribution >= 4 is 11.8 Å². The van der Waals surface area contributed by atoms with Gasteiger partial charge in [0, 0.05) is 13.8 Å². The molecule has 0 aromatic rings. The van der Waals surface area contributed by atoms with E-state index in [1.165, 1.54) is 0 Å². The van der Waals surface area contributed by atoms with Crippen LogP contribution >= 0.6 is 0 Å². The lowest BCUT2D eigenvalue weighted by atomic mass is 9.93. The summed E-state index contributed by atoms with van der Waals surface area (Å²) in [5, 5.41) is 162. The van der Waals surface area contributed by atoms with E-state index in [0.29, 0.717) is 0 Å². The Labute approximate surface area is 351 Å². The second-order valence-corrected chi connectivity index (χ2v) is 15.4. The Morgan fingerprint density at radius 3 is 1.23 bits per heavy atom. The summed E-state index contributed by atoms with van der Waals surface area (Å²) in [4.78, 5) is 24.9. The van der Waals surface area contributed by atoms with Crippen LogP contribution in [0.4, 0.5) is 0 Å². The minimum absolute atomic E-state index is 0.772. The highest BCUT2D eigenvalue weighted by Gasteiger charge is 2.57. The lowest BCUT2D eigenvalue weighted by Crippen LogP contribution is -2.71. The summed E-state index contributed by atoms with van der Waals surface area (Å²) >= 11 is 0. The molecule has 28 heteroatoms. The molecule has 17 N–H and O–H groups in total. The van der Waals surface area contributed by atoms with Gasteiger partial charge in [0.15, 0.2) is 31.5 Å². The van der Waals surface area contributed by atoms with Crippen LogP contribution in [-0.2, 0) is 52.2 Å². The van der Waals surface area contributed by atoms with Gasteiger partial charge in [-0.1, -0.05) is 0 Å². The van der Waals surface area contributed by atoms with Crippen molar-refractivity contribution in [3.63, 3.8) is 0 Å². The van der Waals surface area contributed by atoms with Crippen LogP contribution in [0, 0.1) is 0 Å². The monoisotopic (exact) mass is 910 g/mol. The van der Waals surface area contributed by atoms with Crippen molar-refractivity contribution in [2.75, 3.05) is 33.0 Å². The van der Waals surface area contributed by atoms with E-state index >= 15 is 0 Å². The van der Waals surface area contributed by atoms with Crippen LogP contribution in [0.25, 0.3) is 0 Å². The molecule has 0 aromatic carbocycles. The molecule has 0 radical (unpaired) electrons. The lowest BCUT2D eigenvalue weighted by molar-refractivity contribution is -0.384. The highest BCUT2D eigenvalue weighted by molar-refractivity contribution is 5.73. The molecule has 5 rings (SSSR count). The third kappa shape index (κ3) is 10.8. The van der Waals surface area contributed by atoms with Gasteiger partial charge in [-0.15, -0.1) is 0 Å². The average molecular weight is 911 g/mol. The molecule has 2 amide bonds. The Kier molecular flexibility index (Phi) is 18.1. The van der Waals surface area contributed by atoms with Gasteiger partial charge in [-0.2, -0.15) is 0 Å². The minimum Gasteiger partial charge on any atom is -0.394 e. The van der Waals surface area contributed by atoms with Gasteiger partial charge in [-0.25, -0.2) is 0 Å². The first kappa shape index (κ1) is 51.0. The van der Waals surface area contributed by atoms with E-state index in [1.54, 1.807) is 0 Å². The number of amides is 2. The van der Waals surface area contributed by atoms with E-state index in [9.17, 15) is 86.2 Å². The average Bonchev–Trinajstić information content (AvgIpc) is 3.23. The van der Waals surface area contributed by atoms with Crippen LogP contribution in [0.1, 0.15) is 13.8 Å². The van der Waals surface area contributed by atoms with Crippen molar-refractivity contribution in [2.45, 2.75) is 167 Å².